The Balaban J connectivity index is 2.64. The van der Waals surface area contributed by atoms with Gasteiger partial charge in [-0.3, -0.25) is 5.84 Å². The molecule has 1 unspecified atom stereocenters. The summed E-state index contributed by atoms with van der Waals surface area (Å²) in [6.45, 7) is 0. The predicted molar refractivity (Wildman–Crippen MR) is 87.9 cm³/mol. The van der Waals surface area contributed by atoms with Crippen LogP contribution in [0.15, 0.2) is 40.9 Å². The van der Waals surface area contributed by atoms with Gasteiger partial charge in [0.2, 0.25) is 0 Å². The average Bonchev–Trinajstić information content (AvgIpc) is 2.52. The first-order valence-electron chi connectivity index (χ1n) is 6.25. The summed E-state index contributed by atoms with van der Waals surface area (Å²) in [6.07, 6.45) is 0. The molecule has 2 rings (SSSR count). The number of rotatable bonds is 5. The largest absolute Gasteiger partial charge is 0.496 e. The summed E-state index contributed by atoms with van der Waals surface area (Å²) < 4.78 is 11.7. The van der Waals surface area contributed by atoms with Gasteiger partial charge in [0.25, 0.3) is 0 Å². The Morgan fingerprint density at radius 3 is 2.19 bits per heavy atom. The number of nitrogens with one attached hydrogen (secondary N) is 1. The molecule has 4 nitrogen and oxygen atoms in total. The minimum absolute atomic E-state index is 0.360. The second-order valence-corrected chi connectivity index (χ2v) is 5.55. The molecule has 1 atom stereocenters. The molecule has 0 amide bonds. The van der Waals surface area contributed by atoms with Gasteiger partial charge in [-0.15, -0.1) is 0 Å². The van der Waals surface area contributed by atoms with Gasteiger partial charge in [0.1, 0.15) is 11.5 Å². The highest BCUT2D eigenvalue weighted by atomic mass is 79.9. The average molecular weight is 372 g/mol. The molecule has 0 heterocycles. The molecule has 0 aliphatic heterocycles. The number of hydrazine groups is 1. The van der Waals surface area contributed by atoms with Gasteiger partial charge in [-0.1, -0.05) is 29.8 Å². The molecule has 0 fully saturated rings. The summed E-state index contributed by atoms with van der Waals surface area (Å²) in [4.78, 5) is 0. The van der Waals surface area contributed by atoms with Gasteiger partial charge in [-0.25, -0.2) is 5.43 Å². The van der Waals surface area contributed by atoms with Crippen molar-refractivity contribution in [3.8, 4) is 11.5 Å². The normalized spacial score (nSPS) is 12.0. The van der Waals surface area contributed by atoms with Gasteiger partial charge in [-0.05, 0) is 39.7 Å². The van der Waals surface area contributed by atoms with Crippen LogP contribution in [0.2, 0.25) is 5.02 Å². The summed E-state index contributed by atoms with van der Waals surface area (Å²) in [5.41, 5.74) is 4.41. The van der Waals surface area contributed by atoms with E-state index in [-0.39, 0.29) is 6.04 Å². The van der Waals surface area contributed by atoms with E-state index in [1.54, 1.807) is 14.2 Å². The van der Waals surface area contributed by atoms with Gasteiger partial charge < -0.3 is 9.47 Å². The van der Waals surface area contributed by atoms with Crippen molar-refractivity contribution in [2.75, 3.05) is 14.2 Å². The van der Waals surface area contributed by atoms with Gasteiger partial charge in [0.05, 0.1) is 30.8 Å². The Labute approximate surface area is 137 Å². The molecule has 0 bridgehead atoms. The SMILES string of the molecule is COc1cccc(OC)c1C(NN)c1cccc(Br)c1Cl. The third kappa shape index (κ3) is 3.16. The Kier molecular flexibility index (Phi) is 5.47. The molecule has 0 radical (unpaired) electrons. The van der Waals surface area contributed by atoms with Crippen molar-refractivity contribution in [1.29, 1.82) is 0 Å². The molecule has 0 saturated heterocycles. The maximum absolute atomic E-state index is 6.38. The van der Waals surface area contributed by atoms with Crippen LogP contribution in [0.3, 0.4) is 0 Å². The summed E-state index contributed by atoms with van der Waals surface area (Å²) >= 11 is 9.81. The second kappa shape index (κ2) is 7.13. The number of ether oxygens (including phenoxy) is 2. The molecule has 0 saturated carbocycles. The van der Waals surface area contributed by atoms with Crippen LogP contribution < -0.4 is 20.7 Å². The maximum Gasteiger partial charge on any atom is 0.127 e. The monoisotopic (exact) mass is 370 g/mol. The first-order valence-corrected chi connectivity index (χ1v) is 7.42. The van der Waals surface area contributed by atoms with Crippen LogP contribution >= 0.6 is 27.5 Å². The molecule has 112 valence electrons. The van der Waals surface area contributed by atoms with Gasteiger partial charge in [-0.2, -0.15) is 0 Å². The zero-order valence-electron chi connectivity index (χ0n) is 11.7. The van der Waals surface area contributed by atoms with Gasteiger partial charge in [0, 0.05) is 4.47 Å². The fourth-order valence-electron chi connectivity index (χ4n) is 2.24. The van der Waals surface area contributed by atoms with Crippen molar-refractivity contribution in [2.24, 2.45) is 5.84 Å². The third-order valence-corrected chi connectivity index (χ3v) is 4.52. The van der Waals surface area contributed by atoms with E-state index >= 15 is 0 Å². The molecule has 0 aliphatic carbocycles. The van der Waals surface area contributed by atoms with E-state index in [2.05, 4.69) is 21.4 Å². The molecule has 21 heavy (non-hydrogen) atoms. The van der Waals surface area contributed by atoms with Crippen molar-refractivity contribution in [1.82, 2.24) is 5.43 Å². The molecular weight excluding hydrogens is 356 g/mol. The predicted octanol–water partition coefficient (Wildman–Crippen LogP) is 3.67. The zero-order valence-corrected chi connectivity index (χ0v) is 14.0. The minimum atomic E-state index is -0.360. The quantitative estimate of drug-likeness (QED) is 0.622. The smallest absolute Gasteiger partial charge is 0.127 e. The van der Waals surface area contributed by atoms with Crippen LogP contribution in [-0.4, -0.2) is 14.2 Å². The lowest BCUT2D eigenvalue weighted by molar-refractivity contribution is 0.377. The van der Waals surface area contributed by atoms with Crippen molar-refractivity contribution < 1.29 is 9.47 Å². The Morgan fingerprint density at radius 1 is 1.10 bits per heavy atom. The van der Waals surface area contributed by atoms with E-state index in [1.165, 1.54) is 0 Å². The second-order valence-electron chi connectivity index (χ2n) is 4.32. The van der Waals surface area contributed by atoms with E-state index in [1.807, 2.05) is 36.4 Å². The standard InChI is InChI=1S/C15H16BrClN2O2/c1-20-11-7-4-8-12(21-2)13(11)15(19-18)9-5-3-6-10(16)14(9)17/h3-8,15,19H,18H2,1-2H3. The topological polar surface area (TPSA) is 56.5 Å². The van der Waals surface area contributed by atoms with Crippen molar-refractivity contribution >= 4 is 27.5 Å². The van der Waals surface area contributed by atoms with Crippen molar-refractivity contribution in [3.63, 3.8) is 0 Å². The lowest BCUT2D eigenvalue weighted by Crippen LogP contribution is -2.29. The maximum atomic E-state index is 6.38. The lowest BCUT2D eigenvalue weighted by Gasteiger charge is -2.23. The van der Waals surface area contributed by atoms with Crippen LogP contribution in [0.1, 0.15) is 17.2 Å². The number of methoxy groups -OCH3 is 2. The molecule has 0 aliphatic rings. The Morgan fingerprint density at radius 2 is 1.67 bits per heavy atom. The fourth-order valence-corrected chi connectivity index (χ4v) is 2.85. The van der Waals surface area contributed by atoms with E-state index in [9.17, 15) is 0 Å². The van der Waals surface area contributed by atoms with E-state index in [0.29, 0.717) is 16.5 Å². The molecular formula is C15H16BrClN2O2. The Hall–Kier alpha value is -1.27. The highest BCUT2D eigenvalue weighted by Crippen LogP contribution is 2.40. The lowest BCUT2D eigenvalue weighted by atomic mass is 9.97. The number of benzene rings is 2. The molecule has 2 aromatic carbocycles. The molecule has 0 spiro atoms. The van der Waals surface area contributed by atoms with Crippen LogP contribution in [0.25, 0.3) is 0 Å². The van der Waals surface area contributed by atoms with E-state index in [0.717, 1.165) is 15.6 Å². The first kappa shape index (κ1) is 16.1. The van der Waals surface area contributed by atoms with Gasteiger partial charge in [0.15, 0.2) is 0 Å². The number of hydrogen-bond donors (Lipinski definition) is 2. The third-order valence-electron chi connectivity index (χ3n) is 3.21. The van der Waals surface area contributed by atoms with Crippen LogP contribution in [0, 0.1) is 0 Å². The van der Waals surface area contributed by atoms with E-state index in [4.69, 9.17) is 26.9 Å². The summed E-state index contributed by atoms with van der Waals surface area (Å²) in [7, 11) is 3.21. The first-order chi connectivity index (χ1) is 10.1. The van der Waals surface area contributed by atoms with Gasteiger partial charge >= 0.3 is 0 Å². The molecule has 3 N–H and O–H groups in total. The van der Waals surface area contributed by atoms with Crippen LogP contribution in [-0.2, 0) is 0 Å². The van der Waals surface area contributed by atoms with Crippen LogP contribution in [0.5, 0.6) is 11.5 Å². The van der Waals surface area contributed by atoms with Crippen LogP contribution in [0.4, 0.5) is 0 Å². The summed E-state index contributed by atoms with van der Waals surface area (Å²) in [6, 6.07) is 10.9. The number of nitrogens with two attached hydrogens (primary N) is 1. The molecule has 2 aromatic rings. The number of hydrogen-bond acceptors (Lipinski definition) is 4. The summed E-state index contributed by atoms with van der Waals surface area (Å²) in [5.74, 6) is 7.12. The Bertz CT molecular complexity index is 615. The molecule has 0 aromatic heterocycles. The highest BCUT2D eigenvalue weighted by Gasteiger charge is 2.24. The summed E-state index contributed by atoms with van der Waals surface area (Å²) in [5, 5.41) is 0.591. The minimum Gasteiger partial charge on any atom is -0.496 e. The van der Waals surface area contributed by atoms with Crippen molar-refractivity contribution in [2.45, 2.75) is 6.04 Å². The zero-order chi connectivity index (χ0) is 15.4. The number of halogens is 2. The molecule has 6 heteroatoms. The highest BCUT2D eigenvalue weighted by molar-refractivity contribution is 9.10. The van der Waals surface area contributed by atoms with Crippen molar-refractivity contribution in [3.05, 3.63) is 57.0 Å². The fraction of sp³-hybridized carbons (Fsp3) is 0.200. The van der Waals surface area contributed by atoms with E-state index < -0.39 is 0 Å².